The molecule has 0 fully saturated rings. The summed E-state index contributed by atoms with van der Waals surface area (Å²) in [4.78, 5) is 50.1. The van der Waals surface area contributed by atoms with Crippen molar-refractivity contribution < 1.29 is 33.8 Å². The maximum atomic E-state index is 13.1. The maximum absolute atomic E-state index is 13.1. The minimum absolute atomic E-state index is 0.0254. The number of ether oxygens (including phenoxy) is 2. The number of amides is 1. The summed E-state index contributed by atoms with van der Waals surface area (Å²) in [5.74, 6) is -2.48. The number of hydrogen-bond donors (Lipinski definition) is 3. The number of amidine groups is 1. The molecule has 0 bridgehead atoms. The Morgan fingerprint density at radius 3 is 1.98 bits per heavy atom. The summed E-state index contributed by atoms with van der Waals surface area (Å²) in [5, 5.41) is 16.8. The third kappa shape index (κ3) is 8.12. The molecule has 3 aromatic rings. The average molecular weight is 544 g/mol. The Morgan fingerprint density at radius 1 is 0.875 bits per heavy atom. The van der Waals surface area contributed by atoms with Crippen LogP contribution in [0.2, 0.25) is 0 Å². The van der Waals surface area contributed by atoms with Crippen LogP contribution in [0, 0.1) is 5.41 Å². The standard InChI is InChI=1S/C30H29N3O7/c1-3-39-29(37)23-10-6-21(7-11-23)17-33(18-26(34)35)28(36)19(2)16-20-4-8-24(9-5-20)30(38)40-25-14-12-22(13-15-25)27(31)32/h4-16H,3,17-18H2,1-2H3,(H3,31,32)(H,34,35). The van der Waals surface area contributed by atoms with E-state index in [1.165, 1.54) is 4.90 Å². The van der Waals surface area contributed by atoms with E-state index in [4.69, 9.17) is 20.6 Å². The van der Waals surface area contributed by atoms with E-state index in [1.807, 2.05) is 0 Å². The molecular weight excluding hydrogens is 514 g/mol. The van der Waals surface area contributed by atoms with Crippen LogP contribution in [-0.4, -0.2) is 52.8 Å². The van der Waals surface area contributed by atoms with Crippen molar-refractivity contribution in [2.24, 2.45) is 5.73 Å². The predicted octanol–water partition coefficient (Wildman–Crippen LogP) is 3.88. The van der Waals surface area contributed by atoms with Gasteiger partial charge in [0.1, 0.15) is 18.1 Å². The van der Waals surface area contributed by atoms with Crippen molar-refractivity contribution in [2.45, 2.75) is 20.4 Å². The van der Waals surface area contributed by atoms with E-state index in [-0.39, 0.29) is 24.6 Å². The van der Waals surface area contributed by atoms with E-state index in [1.54, 1.807) is 92.7 Å². The van der Waals surface area contributed by atoms with Crippen LogP contribution in [0.15, 0.2) is 78.4 Å². The highest BCUT2D eigenvalue weighted by molar-refractivity contribution is 5.99. The molecule has 0 saturated carbocycles. The quantitative estimate of drug-likeness (QED) is 0.108. The number of hydrogen-bond acceptors (Lipinski definition) is 7. The Labute approximate surface area is 231 Å². The van der Waals surface area contributed by atoms with Crippen molar-refractivity contribution in [3.63, 3.8) is 0 Å². The van der Waals surface area contributed by atoms with E-state index in [0.29, 0.717) is 33.6 Å². The summed E-state index contributed by atoms with van der Waals surface area (Å²) in [5.41, 5.74) is 8.15. The molecule has 0 aliphatic carbocycles. The zero-order valence-corrected chi connectivity index (χ0v) is 22.0. The number of carboxylic acid groups (broad SMARTS) is 1. The molecule has 10 heteroatoms. The van der Waals surface area contributed by atoms with Gasteiger partial charge in [-0.1, -0.05) is 24.3 Å². The zero-order chi connectivity index (χ0) is 29.2. The fraction of sp³-hybridized carbons (Fsp3) is 0.167. The van der Waals surface area contributed by atoms with Crippen LogP contribution in [0.1, 0.15) is 51.3 Å². The second kappa shape index (κ2) is 13.5. The van der Waals surface area contributed by atoms with Crippen LogP contribution in [0.5, 0.6) is 5.75 Å². The summed E-state index contributed by atoms with van der Waals surface area (Å²) in [6.07, 6.45) is 1.59. The number of nitrogens with two attached hydrogens (primary N) is 1. The number of nitrogen functional groups attached to an aromatic ring is 1. The van der Waals surface area contributed by atoms with E-state index >= 15 is 0 Å². The monoisotopic (exact) mass is 543 g/mol. The van der Waals surface area contributed by atoms with E-state index in [0.717, 1.165) is 0 Å². The number of rotatable bonds is 11. The van der Waals surface area contributed by atoms with Crippen LogP contribution in [-0.2, 0) is 20.9 Å². The molecule has 10 nitrogen and oxygen atoms in total. The molecule has 0 unspecified atom stereocenters. The molecule has 0 spiro atoms. The van der Waals surface area contributed by atoms with Crippen LogP contribution in [0.25, 0.3) is 6.08 Å². The lowest BCUT2D eigenvalue weighted by Gasteiger charge is -2.21. The third-order valence-corrected chi connectivity index (χ3v) is 5.69. The molecule has 0 aromatic heterocycles. The maximum Gasteiger partial charge on any atom is 0.343 e. The molecule has 0 heterocycles. The molecule has 3 rings (SSSR count). The number of nitrogens with zero attached hydrogens (tertiary/aromatic N) is 1. The molecule has 40 heavy (non-hydrogen) atoms. The highest BCUT2D eigenvalue weighted by Crippen LogP contribution is 2.17. The summed E-state index contributed by atoms with van der Waals surface area (Å²) >= 11 is 0. The van der Waals surface area contributed by atoms with Gasteiger partial charge in [-0.15, -0.1) is 0 Å². The molecular formula is C30H29N3O7. The first kappa shape index (κ1) is 29.3. The van der Waals surface area contributed by atoms with Crippen LogP contribution >= 0.6 is 0 Å². The highest BCUT2D eigenvalue weighted by atomic mass is 16.5. The Hall–Kier alpha value is -5.25. The van der Waals surface area contributed by atoms with Gasteiger partial charge in [-0.25, -0.2) is 9.59 Å². The highest BCUT2D eigenvalue weighted by Gasteiger charge is 2.19. The fourth-order valence-corrected chi connectivity index (χ4v) is 3.69. The molecule has 0 radical (unpaired) electrons. The van der Waals surface area contributed by atoms with Crippen LogP contribution < -0.4 is 10.5 Å². The van der Waals surface area contributed by atoms with Crippen molar-refractivity contribution in [3.05, 3.63) is 106 Å². The Morgan fingerprint density at radius 2 is 1.43 bits per heavy atom. The summed E-state index contributed by atoms with van der Waals surface area (Å²) < 4.78 is 10.3. The lowest BCUT2D eigenvalue weighted by atomic mass is 10.1. The molecule has 4 N–H and O–H groups in total. The smallest absolute Gasteiger partial charge is 0.343 e. The molecule has 0 aliphatic rings. The van der Waals surface area contributed by atoms with Gasteiger partial charge in [-0.2, -0.15) is 0 Å². The molecule has 206 valence electrons. The molecule has 0 saturated heterocycles. The van der Waals surface area contributed by atoms with Gasteiger partial charge in [-0.3, -0.25) is 15.0 Å². The average Bonchev–Trinajstić information content (AvgIpc) is 2.93. The first-order valence-electron chi connectivity index (χ1n) is 12.3. The second-order valence-electron chi connectivity index (χ2n) is 8.75. The number of nitrogens with one attached hydrogen (secondary N) is 1. The van der Waals surface area contributed by atoms with Crippen molar-refractivity contribution >= 4 is 35.7 Å². The van der Waals surface area contributed by atoms with Crippen molar-refractivity contribution in [3.8, 4) is 5.75 Å². The Balaban J connectivity index is 1.68. The van der Waals surface area contributed by atoms with Gasteiger partial charge in [0.05, 0.1) is 17.7 Å². The first-order chi connectivity index (χ1) is 19.1. The SMILES string of the molecule is CCOC(=O)c1ccc(CN(CC(=O)O)C(=O)C(C)=Cc2ccc(C(=O)Oc3ccc(C(=N)N)cc3)cc2)cc1. The topological polar surface area (TPSA) is 160 Å². The van der Waals surface area contributed by atoms with Crippen molar-refractivity contribution in [1.82, 2.24) is 4.90 Å². The second-order valence-corrected chi connectivity index (χ2v) is 8.75. The van der Waals surface area contributed by atoms with Crippen LogP contribution in [0.3, 0.4) is 0 Å². The van der Waals surface area contributed by atoms with E-state index < -0.39 is 30.4 Å². The normalized spacial score (nSPS) is 10.9. The minimum atomic E-state index is -1.16. The summed E-state index contributed by atoms with van der Waals surface area (Å²) in [6, 6.07) is 19.0. The van der Waals surface area contributed by atoms with Gasteiger partial charge >= 0.3 is 17.9 Å². The van der Waals surface area contributed by atoms with E-state index in [9.17, 15) is 24.3 Å². The van der Waals surface area contributed by atoms with Crippen LogP contribution in [0.4, 0.5) is 0 Å². The molecule has 1 amide bonds. The number of carbonyl (C=O) groups is 4. The lowest BCUT2D eigenvalue weighted by Crippen LogP contribution is -2.35. The summed E-state index contributed by atoms with van der Waals surface area (Å²) in [6.45, 7) is 3.05. The molecule has 0 atom stereocenters. The largest absolute Gasteiger partial charge is 0.480 e. The predicted molar refractivity (Wildman–Crippen MR) is 148 cm³/mol. The third-order valence-electron chi connectivity index (χ3n) is 5.69. The number of benzene rings is 3. The van der Waals surface area contributed by atoms with Gasteiger partial charge in [0, 0.05) is 17.7 Å². The van der Waals surface area contributed by atoms with Gasteiger partial charge in [0.25, 0.3) is 0 Å². The van der Waals surface area contributed by atoms with Gasteiger partial charge in [0.15, 0.2) is 0 Å². The number of carboxylic acids is 1. The Kier molecular flexibility index (Phi) is 9.90. The first-order valence-corrected chi connectivity index (χ1v) is 12.3. The van der Waals surface area contributed by atoms with Crippen molar-refractivity contribution in [1.29, 1.82) is 5.41 Å². The van der Waals surface area contributed by atoms with E-state index in [2.05, 4.69) is 0 Å². The zero-order valence-electron chi connectivity index (χ0n) is 22.0. The van der Waals surface area contributed by atoms with Gasteiger partial charge in [-0.05, 0) is 79.6 Å². The van der Waals surface area contributed by atoms with Crippen molar-refractivity contribution in [2.75, 3.05) is 13.2 Å². The molecule has 0 aliphatic heterocycles. The number of carbonyl (C=O) groups excluding carboxylic acids is 3. The van der Waals surface area contributed by atoms with Gasteiger partial charge < -0.3 is 25.2 Å². The summed E-state index contributed by atoms with van der Waals surface area (Å²) in [7, 11) is 0. The fourth-order valence-electron chi connectivity index (χ4n) is 3.69. The number of aliphatic carboxylic acids is 1. The lowest BCUT2D eigenvalue weighted by molar-refractivity contribution is -0.143. The number of esters is 2. The minimum Gasteiger partial charge on any atom is -0.480 e. The Bertz CT molecular complexity index is 1430. The van der Waals surface area contributed by atoms with Gasteiger partial charge in [0.2, 0.25) is 5.91 Å². The molecule has 3 aromatic carbocycles.